The van der Waals surface area contributed by atoms with Crippen molar-refractivity contribution < 1.29 is 14.3 Å². The smallest absolute Gasteiger partial charge is 0.338 e. The number of fused-ring (bicyclic) bond motifs is 1. The molecule has 0 aromatic heterocycles. The quantitative estimate of drug-likeness (QED) is 0.805. The van der Waals surface area contributed by atoms with E-state index in [0.717, 1.165) is 16.2 Å². The molecule has 1 aliphatic rings. The van der Waals surface area contributed by atoms with Crippen LogP contribution in [0.2, 0.25) is 5.02 Å². The lowest BCUT2D eigenvalue weighted by atomic mass is 10.1. The Morgan fingerprint density at radius 3 is 2.88 bits per heavy atom. The van der Waals surface area contributed by atoms with Crippen LogP contribution in [-0.4, -0.2) is 17.6 Å². The van der Waals surface area contributed by atoms with Crippen LogP contribution in [0.4, 0.5) is 5.69 Å². The summed E-state index contributed by atoms with van der Waals surface area (Å²) >= 11 is 7.73. The van der Waals surface area contributed by atoms with Gasteiger partial charge in [0.25, 0.3) is 0 Å². The number of amides is 1. The Kier molecular flexibility index (Phi) is 5.11. The van der Waals surface area contributed by atoms with E-state index >= 15 is 0 Å². The molecule has 0 saturated heterocycles. The topological polar surface area (TPSA) is 55.4 Å². The predicted octanol–water partition coefficient (Wildman–Crippen LogP) is 4.69. The number of nitrogens with one attached hydrogen (secondary N) is 1. The number of carbonyl (C=O) groups excluding carboxylic acids is 2. The van der Waals surface area contributed by atoms with Gasteiger partial charge in [-0.3, -0.25) is 4.79 Å². The zero-order valence-electron chi connectivity index (χ0n) is 13.0. The summed E-state index contributed by atoms with van der Waals surface area (Å²) in [5, 5.41) is 3.38. The molecule has 6 heteroatoms. The molecule has 1 N–H and O–H groups in total. The number of halogens is 1. The first kappa shape index (κ1) is 16.9. The van der Waals surface area contributed by atoms with E-state index in [9.17, 15) is 9.59 Å². The molecule has 124 valence electrons. The minimum atomic E-state index is -0.464. The van der Waals surface area contributed by atoms with Crippen LogP contribution in [-0.2, 0) is 9.53 Å². The van der Waals surface area contributed by atoms with Crippen LogP contribution in [0.15, 0.2) is 47.4 Å². The Morgan fingerprint density at radius 1 is 1.29 bits per heavy atom. The SMILES string of the molecule is C[C@@H](OC(=O)c1ccc2c(c1)NC(=O)CCS2)c1ccccc1Cl. The zero-order valence-corrected chi connectivity index (χ0v) is 14.6. The molecule has 2 aromatic carbocycles. The standard InChI is InChI=1S/C18H16ClNO3S/c1-11(13-4-2-3-5-14(13)19)23-18(22)12-6-7-16-15(10-12)20-17(21)8-9-24-16/h2-7,10-11H,8-9H2,1H3,(H,20,21)/t11-/m1/s1. The van der Waals surface area contributed by atoms with E-state index in [-0.39, 0.29) is 5.91 Å². The highest BCUT2D eigenvalue weighted by atomic mass is 35.5. The number of hydrogen-bond acceptors (Lipinski definition) is 4. The van der Waals surface area contributed by atoms with E-state index in [1.807, 2.05) is 24.3 Å². The molecule has 0 bridgehead atoms. The van der Waals surface area contributed by atoms with Gasteiger partial charge in [-0.2, -0.15) is 0 Å². The summed E-state index contributed by atoms with van der Waals surface area (Å²) < 4.78 is 5.51. The summed E-state index contributed by atoms with van der Waals surface area (Å²) in [4.78, 5) is 25.0. The fraction of sp³-hybridized carbons (Fsp3) is 0.222. The number of anilines is 1. The lowest BCUT2D eigenvalue weighted by Crippen LogP contribution is -2.12. The Balaban J connectivity index is 1.78. The van der Waals surface area contributed by atoms with Crippen molar-refractivity contribution in [3.05, 3.63) is 58.6 Å². The lowest BCUT2D eigenvalue weighted by Gasteiger charge is -2.15. The summed E-state index contributed by atoms with van der Waals surface area (Å²) in [6.07, 6.45) is -0.00293. The molecular formula is C18H16ClNO3S. The molecule has 0 spiro atoms. The molecule has 0 aliphatic carbocycles. The first-order valence-electron chi connectivity index (χ1n) is 7.56. The van der Waals surface area contributed by atoms with E-state index in [1.165, 1.54) is 0 Å². The van der Waals surface area contributed by atoms with Crippen molar-refractivity contribution in [2.45, 2.75) is 24.3 Å². The number of carbonyl (C=O) groups is 2. The van der Waals surface area contributed by atoms with Crippen LogP contribution in [0, 0.1) is 0 Å². The highest BCUT2D eigenvalue weighted by Crippen LogP contribution is 2.32. The van der Waals surface area contributed by atoms with Crippen LogP contribution in [0.1, 0.15) is 35.4 Å². The van der Waals surface area contributed by atoms with Gasteiger partial charge in [-0.15, -0.1) is 11.8 Å². The van der Waals surface area contributed by atoms with Crippen molar-refractivity contribution in [3.8, 4) is 0 Å². The third-order valence-electron chi connectivity index (χ3n) is 3.70. The van der Waals surface area contributed by atoms with Crippen LogP contribution < -0.4 is 5.32 Å². The molecule has 1 heterocycles. The Bertz CT molecular complexity index is 794. The molecule has 0 saturated carbocycles. The van der Waals surface area contributed by atoms with Crippen molar-refractivity contribution >= 4 is 40.9 Å². The van der Waals surface area contributed by atoms with E-state index in [0.29, 0.717) is 22.7 Å². The van der Waals surface area contributed by atoms with Crippen LogP contribution >= 0.6 is 23.4 Å². The molecule has 0 fully saturated rings. The monoisotopic (exact) mass is 361 g/mol. The van der Waals surface area contributed by atoms with Gasteiger partial charge in [0, 0.05) is 27.7 Å². The Morgan fingerprint density at radius 2 is 2.08 bits per heavy atom. The second kappa shape index (κ2) is 7.28. The van der Waals surface area contributed by atoms with Gasteiger partial charge in [-0.25, -0.2) is 4.79 Å². The van der Waals surface area contributed by atoms with Gasteiger partial charge in [0.05, 0.1) is 11.3 Å². The third-order valence-corrected chi connectivity index (χ3v) is 5.12. The van der Waals surface area contributed by atoms with Crippen molar-refractivity contribution in [2.75, 3.05) is 11.1 Å². The average molecular weight is 362 g/mol. The zero-order chi connectivity index (χ0) is 17.1. The highest BCUT2D eigenvalue weighted by Gasteiger charge is 2.19. The predicted molar refractivity (Wildman–Crippen MR) is 95.7 cm³/mol. The van der Waals surface area contributed by atoms with Crippen molar-refractivity contribution in [3.63, 3.8) is 0 Å². The second-order valence-corrected chi connectivity index (χ2v) is 6.97. The summed E-state index contributed by atoms with van der Waals surface area (Å²) in [7, 11) is 0. The Labute approximate surface area is 149 Å². The molecule has 0 radical (unpaired) electrons. The minimum Gasteiger partial charge on any atom is -0.454 e. The molecule has 4 nitrogen and oxygen atoms in total. The number of benzene rings is 2. The van der Waals surface area contributed by atoms with Gasteiger partial charge in [0.1, 0.15) is 6.10 Å². The van der Waals surface area contributed by atoms with Gasteiger partial charge in [0.2, 0.25) is 5.91 Å². The molecule has 1 atom stereocenters. The molecule has 0 unspecified atom stereocenters. The van der Waals surface area contributed by atoms with Gasteiger partial charge >= 0.3 is 5.97 Å². The van der Waals surface area contributed by atoms with Crippen molar-refractivity contribution in [1.82, 2.24) is 0 Å². The maximum atomic E-state index is 12.4. The van der Waals surface area contributed by atoms with Crippen molar-refractivity contribution in [1.29, 1.82) is 0 Å². The number of thioether (sulfide) groups is 1. The van der Waals surface area contributed by atoms with Gasteiger partial charge in [-0.1, -0.05) is 29.8 Å². The van der Waals surface area contributed by atoms with Crippen LogP contribution in [0.5, 0.6) is 0 Å². The molecular weight excluding hydrogens is 346 g/mol. The molecule has 2 aromatic rings. The van der Waals surface area contributed by atoms with E-state index in [1.54, 1.807) is 36.9 Å². The fourth-order valence-electron chi connectivity index (χ4n) is 2.44. The van der Waals surface area contributed by atoms with Gasteiger partial charge < -0.3 is 10.1 Å². The summed E-state index contributed by atoms with van der Waals surface area (Å²) in [5.41, 5.74) is 1.81. The van der Waals surface area contributed by atoms with Gasteiger partial charge in [-0.05, 0) is 31.2 Å². The average Bonchev–Trinajstić information content (AvgIpc) is 2.74. The fourth-order valence-corrected chi connectivity index (χ4v) is 3.67. The largest absolute Gasteiger partial charge is 0.454 e. The molecule has 3 rings (SSSR count). The van der Waals surface area contributed by atoms with E-state index < -0.39 is 12.1 Å². The number of rotatable bonds is 3. The highest BCUT2D eigenvalue weighted by molar-refractivity contribution is 7.99. The van der Waals surface area contributed by atoms with E-state index in [4.69, 9.17) is 16.3 Å². The molecule has 24 heavy (non-hydrogen) atoms. The number of hydrogen-bond donors (Lipinski definition) is 1. The van der Waals surface area contributed by atoms with Crippen molar-refractivity contribution in [2.24, 2.45) is 0 Å². The third kappa shape index (κ3) is 3.74. The second-order valence-electron chi connectivity index (χ2n) is 5.43. The van der Waals surface area contributed by atoms with Gasteiger partial charge in [0.15, 0.2) is 0 Å². The first-order chi connectivity index (χ1) is 11.5. The maximum absolute atomic E-state index is 12.4. The normalized spacial score (nSPS) is 15.0. The molecule has 1 aliphatic heterocycles. The Hall–Kier alpha value is -1.98. The summed E-state index contributed by atoms with van der Waals surface area (Å²) in [6, 6.07) is 12.5. The maximum Gasteiger partial charge on any atom is 0.338 e. The van der Waals surface area contributed by atoms with E-state index in [2.05, 4.69) is 5.32 Å². The number of ether oxygens (including phenoxy) is 1. The summed E-state index contributed by atoms with van der Waals surface area (Å²) in [6.45, 7) is 1.78. The lowest BCUT2D eigenvalue weighted by molar-refractivity contribution is -0.115. The van der Waals surface area contributed by atoms with Crippen LogP contribution in [0.3, 0.4) is 0 Å². The summed E-state index contributed by atoms with van der Waals surface area (Å²) in [5.74, 6) is 0.233. The minimum absolute atomic E-state index is 0.0452. The number of esters is 1. The molecule has 1 amide bonds. The van der Waals surface area contributed by atoms with Crippen LogP contribution in [0.25, 0.3) is 0 Å². The first-order valence-corrected chi connectivity index (χ1v) is 8.93.